The van der Waals surface area contributed by atoms with Crippen LogP contribution < -0.4 is 11.1 Å². The number of nitrogens with one attached hydrogen (secondary N) is 1. The number of carbonyl (C=O) groups excluding carboxylic acids is 1. The van der Waals surface area contributed by atoms with Gasteiger partial charge in [0.15, 0.2) is 0 Å². The number of hydrogen-bond donors (Lipinski definition) is 2. The van der Waals surface area contributed by atoms with Gasteiger partial charge < -0.3 is 15.8 Å². The lowest BCUT2D eigenvalue weighted by molar-refractivity contribution is -0.122. The Bertz CT molecular complexity index is 552. The van der Waals surface area contributed by atoms with Crippen molar-refractivity contribution in [2.75, 3.05) is 19.8 Å². The molecule has 0 saturated carbocycles. The summed E-state index contributed by atoms with van der Waals surface area (Å²) < 4.78 is 5.07. The van der Waals surface area contributed by atoms with E-state index in [1.807, 2.05) is 24.4 Å². The molecule has 2 aromatic rings. The summed E-state index contributed by atoms with van der Waals surface area (Å²) in [4.78, 5) is 14.6. The average Bonchev–Trinajstić information content (AvgIpc) is 2.42. The zero-order chi connectivity index (χ0) is 13.5. The molecule has 1 aromatic heterocycles. The number of benzene rings is 1. The number of nitrogens with two attached hydrogens (primary N) is 1. The summed E-state index contributed by atoms with van der Waals surface area (Å²) in [6, 6.07) is 8.15. The fraction of sp³-hybridized carbons (Fsp3) is 0.286. The molecule has 5 heteroatoms. The Balaban J connectivity index is 1.83. The lowest BCUT2D eigenvalue weighted by Crippen LogP contribution is -2.23. The molecule has 0 radical (unpaired) electrons. The number of ether oxygens (including phenoxy) is 1. The number of aromatic nitrogens is 1. The van der Waals surface area contributed by atoms with Crippen molar-refractivity contribution in [3.8, 4) is 0 Å². The highest BCUT2D eigenvalue weighted by Crippen LogP contribution is 2.16. The molecule has 2 rings (SSSR count). The third-order valence-electron chi connectivity index (χ3n) is 2.75. The van der Waals surface area contributed by atoms with Gasteiger partial charge in [-0.2, -0.15) is 0 Å². The SMILES string of the molecule is NC(=O)COCCNCc1cccc2cnccc12. The summed E-state index contributed by atoms with van der Waals surface area (Å²) in [7, 11) is 0. The first-order valence-electron chi connectivity index (χ1n) is 6.16. The van der Waals surface area contributed by atoms with E-state index >= 15 is 0 Å². The maximum Gasteiger partial charge on any atom is 0.243 e. The number of fused-ring (bicyclic) bond motifs is 1. The molecule has 3 N–H and O–H groups in total. The highest BCUT2D eigenvalue weighted by molar-refractivity contribution is 5.84. The monoisotopic (exact) mass is 259 g/mol. The molecule has 0 saturated heterocycles. The number of hydrogen-bond acceptors (Lipinski definition) is 4. The molecule has 100 valence electrons. The summed E-state index contributed by atoms with van der Waals surface area (Å²) in [6.07, 6.45) is 3.65. The molecule has 0 fully saturated rings. The van der Waals surface area contributed by atoms with Crippen molar-refractivity contribution < 1.29 is 9.53 Å². The summed E-state index contributed by atoms with van der Waals surface area (Å²) in [5.41, 5.74) is 6.19. The van der Waals surface area contributed by atoms with E-state index in [0.29, 0.717) is 13.2 Å². The minimum atomic E-state index is -0.443. The van der Waals surface area contributed by atoms with E-state index in [2.05, 4.69) is 16.4 Å². The van der Waals surface area contributed by atoms with E-state index in [0.717, 1.165) is 11.9 Å². The molecular weight excluding hydrogens is 242 g/mol. The van der Waals surface area contributed by atoms with Crippen LogP contribution in [-0.4, -0.2) is 30.6 Å². The number of carbonyl (C=O) groups is 1. The van der Waals surface area contributed by atoms with Crippen molar-refractivity contribution in [1.29, 1.82) is 0 Å². The van der Waals surface area contributed by atoms with Gasteiger partial charge >= 0.3 is 0 Å². The van der Waals surface area contributed by atoms with E-state index in [4.69, 9.17) is 10.5 Å². The zero-order valence-corrected chi connectivity index (χ0v) is 10.6. The van der Waals surface area contributed by atoms with E-state index in [1.165, 1.54) is 10.9 Å². The first kappa shape index (κ1) is 13.5. The van der Waals surface area contributed by atoms with Crippen molar-refractivity contribution in [1.82, 2.24) is 10.3 Å². The average molecular weight is 259 g/mol. The number of pyridine rings is 1. The lowest BCUT2D eigenvalue weighted by Gasteiger charge is -2.08. The fourth-order valence-corrected chi connectivity index (χ4v) is 1.88. The van der Waals surface area contributed by atoms with Gasteiger partial charge in [-0.3, -0.25) is 9.78 Å². The predicted octanol–water partition coefficient (Wildman–Crippen LogP) is 0.826. The maximum absolute atomic E-state index is 10.5. The summed E-state index contributed by atoms with van der Waals surface area (Å²) >= 11 is 0. The van der Waals surface area contributed by atoms with E-state index < -0.39 is 5.91 Å². The minimum absolute atomic E-state index is 0.0262. The predicted molar refractivity (Wildman–Crippen MR) is 73.5 cm³/mol. The quantitative estimate of drug-likeness (QED) is 0.722. The van der Waals surface area contributed by atoms with Crippen molar-refractivity contribution in [2.45, 2.75) is 6.54 Å². The largest absolute Gasteiger partial charge is 0.370 e. The van der Waals surface area contributed by atoms with Gasteiger partial charge in [0.2, 0.25) is 5.91 Å². The van der Waals surface area contributed by atoms with Crippen LogP contribution in [0.15, 0.2) is 36.7 Å². The molecule has 0 aliphatic heterocycles. The van der Waals surface area contributed by atoms with Crippen LogP contribution in [0.1, 0.15) is 5.56 Å². The number of primary amides is 1. The second-order valence-electron chi connectivity index (χ2n) is 4.21. The zero-order valence-electron chi connectivity index (χ0n) is 10.6. The lowest BCUT2D eigenvalue weighted by atomic mass is 10.1. The Kier molecular flexibility index (Phi) is 4.83. The summed E-state index contributed by atoms with van der Waals surface area (Å²) in [5, 5.41) is 5.60. The van der Waals surface area contributed by atoms with Gasteiger partial charge in [0.05, 0.1) is 6.61 Å². The van der Waals surface area contributed by atoms with E-state index in [1.54, 1.807) is 6.20 Å². The maximum atomic E-state index is 10.5. The van der Waals surface area contributed by atoms with Crippen molar-refractivity contribution in [2.24, 2.45) is 5.73 Å². The van der Waals surface area contributed by atoms with Crippen molar-refractivity contribution in [3.63, 3.8) is 0 Å². The standard InChI is InChI=1S/C14H17N3O2/c15-14(18)10-19-7-6-17-9-12-3-1-2-11-8-16-5-4-13(11)12/h1-5,8,17H,6-7,9-10H2,(H2,15,18). The summed E-state index contributed by atoms with van der Waals surface area (Å²) in [5.74, 6) is -0.443. The molecule has 19 heavy (non-hydrogen) atoms. The Morgan fingerprint density at radius 1 is 1.37 bits per heavy atom. The molecular formula is C14H17N3O2. The molecule has 1 heterocycles. The molecule has 0 unspecified atom stereocenters. The first-order chi connectivity index (χ1) is 9.27. The molecule has 0 aliphatic rings. The fourth-order valence-electron chi connectivity index (χ4n) is 1.88. The van der Waals surface area contributed by atoms with Crippen LogP contribution in [0, 0.1) is 0 Å². The molecule has 0 bridgehead atoms. The van der Waals surface area contributed by atoms with Crippen LogP contribution in [0.2, 0.25) is 0 Å². The van der Waals surface area contributed by atoms with Gasteiger partial charge in [0.25, 0.3) is 0 Å². The van der Waals surface area contributed by atoms with Gasteiger partial charge in [0.1, 0.15) is 6.61 Å². The second-order valence-corrected chi connectivity index (χ2v) is 4.21. The molecule has 1 aromatic carbocycles. The smallest absolute Gasteiger partial charge is 0.243 e. The molecule has 5 nitrogen and oxygen atoms in total. The highest BCUT2D eigenvalue weighted by Gasteiger charge is 2.00. The van der Waals surface area contributed by atoms with Crippen LogP contribution in [0.3, 0.4) is 0 Å². The van der Waals surface area contributed by atoms with Crippen LogP contribution in [0.25, 0.3) is 10.8 Å². The van der Waals surface area contributed by atoms with Gasteiger partial charge in [-0.25, -0.2) is 0 Å². The Hall–Kier alpha value is -1.98. The number of rotatable bonds is 7. The third-order valence-corrected chi connectivity index (χ3v) is 2.75. The van der Waals surface area contributed by atoms with E-state index in [-0.39, 0.29) is 6.61 Å². The van der Waals surface area contributed by atoms with Crippen LogP contribution in [0.4, 0.5) is 0 Å². The number of nitrogens with zero attached hydrogens (tertiary/aromatic N) is 1. The van der Waals surface area contributed by atoms with E-state index in [9.17, 15) is 4.79 Å². The van der Waals surface area contributed by atoms with Gasteiger partial charge in [-0.1, -0.05) is 18.2 Å². The Morgan fingerprint density at radius 3 is 3.11 bits per heavy atom. The topological polar surface area (TPSA) is 77.2 Å². The van der Waals surface area contributed by atoms with Crippen LogP contribution in [-0.2, 0) is 16.1 Å². The highest BCUT2D eigenvalue weighted by atomic mass is 16.5. The minimum Gasteiger partial charge on any atom is -0.370 e. The van der Waals surface area contributed by atoms with Gasteiger partial charge in [-0.05, 0) is 17.0 Å². The Labute approximate surface area is 111 Å². The normalized spacial score (nSPS) is 10.7. The molecule has 1 amide bonds. The van der Waals surface area contributed by atoms with Gasteiger partial charge in [0, 0.05) is 30.9 Å². The van der Waals surface area contributed by atoms with Crippen molar-refractivity contribution >= 4 is 16.7 Å². The van der Waals surface area contributed by atoms with Crippen LogP contribution in [0.5, 0.6) is 0 Å². The molecule has 0 aliphatic carbocycles. The van der Waals surface area contributed by atoms with Crippen LogP contribution >= 0.6 is 0 Å². The molecule has 0 atom stereocenters. The first-order valence-corrected chi connectivity index (χ1v) is 6.16. The second kappa shape index (κ2) is 6.82. The molecule has 0 spiro atoms. The summed E-state index contributed by atoms with van der Waals surface area (Å²) in [6.45, 7) is 1.87. The third kappa shape index (κ3) is 4.01. The van der Waals surface area contributed by atoms with Crippen molar-refractivity contribution in [3.05, 3.63) is 42.2 Å². The number of amides is 1. The van der Waals surface area contributed by atoms with Gasteiger partial charge in [-0.15, -0.1) is 0 Å². The Morgan fingerprint density at radius 2 is 2.26 bits per heavy atom.